The normalized spacial score (nSPS) is 22.2. The van der Waals surface area contributed by atoms with Crippen molar-refractivity contribution in [3.63, 3.8) is 0 Å². The van der Waals surface area contributed by atoms with Crippen molar-refractivity contribution in [1.29, 1.82) is 0 Å². The quantitative estimate of drug-likeness (QED) is 0.641. The van der Waals surface area contributed by atoms with Gasteiger partial charge in [0.1, 0.15) is 0 Å². The van der Waals surface area contributed by atoms with E-state index in [-0.39, 0.29) is 37.2 Å². The van der Waals surface area contributed by atoms with E-state index in [0.29, 0.717) is 31.0 Å². The number of carbonyl (C=O) groups excluding carboxylic acids is 3. The van der Waals surface area contributed by atoms with Gasteiger partial charge in [0.25, 0.3) is 0 Å². The molecule has 8 heteroatoms. The SMILES string of the molecule is O=C(/C=C/c1ccc2c(c1)OCO2)N1CCC(N2C(=O)CNC2=O)C1. The molecule has 1 atom stereocenters. The first-order chi connectivity index (χ1) is 12.1. The minimum atomic E-state index is -0.375. The molecule has 0 saturated carbocycles. The van der Waals surface area contributed by atoms with Gasteiger partial charge in [0, 0.05) is 19.2 Å². The number of hydrogen-bond acceptors (Lipinski definition) is 5. The fourth-order valence-electron chi connectivity index (χ4n) is 3.25. The van der Waals surface area contributed by atoms with Gasteiger partial charge in [0.2, 0.25) is 18.6 Å². The molecule has 1 N–H and O–H groups in total. The van der Waals surface area contributed by atoms with Gasteiger partial charge in [-0.15, -0.1) is 0 Å². The first-order valence-corrected chi connectivity index (χ1v) is 8.08. The number of nitrogens with zero attached hydrogens (tertiary/aromatic N) is 2. The molecule has 0 bridgehead atoms. The zero-order valence-electron chi connectivity index (χ0n) is 13.4. The van der Waals surface area contributed by atoms with Crippen LogP contribution >= 0.6 is 0 Å². The first-order valence-electron chi connectivity index (χ1n) is 8.08. The third-order valence-electron chi connectivity index (χ3n) is 4.53. The van der Waals surface area contributed by atoms with Crippen LogP contribution in [0, 0.1) is 0 Å². The van der Waals surface area contributed by atoms with Crippen molar-refractivity contribution in [3.05, 3.63) is 29.8 Å². The monoisotopic (exact) mass is 343 g/mol. The van der Waals surface area contributed by atoms with E-state index >= 15 is 0 Å². The summed E-state index contributed by atoms with van der Waals surface area (Å²) < 4.78 is 10.6. The van der Waals surface area contributed by atoms with Crippen molar-refractivity contribution in [1.82, 2.24) is 15.1 Å². The minimum Gasteiger partial charge on any atom is -0.454 e. The van der Waals surface area contributed by atoms with Crippen LogP contribution in [0.15, 0.2) is 24.3 Å². The van der Waals surface area contributed by atoms with Crippen LogP contribution in [0.3, 0.4) is 0 Å². The Morgan fingerprint density at radius 1 is 1.24 bits per heavy atom. The molecular weight excluding hydrogens is 326 g/mol. The Bertz CT molecular complexity index is 760. The number of ether oxygens (including phenoxy) is 2. The van der Waals surface area contributed by atoms with Crippen LogP contribution in [-0.2, 0) is 9.59 Å². The van der Waals surface area contributed by atoms with Gasteiger partial charge in [-0.1, -0.05) is 6.07 Å². The van der Waals surface area contributed by atoms with Crippen LogP contribution in [0.1, 0.15) is 12.0 Å². The molecule has 0 radical (unpaired) electrons. The van der Waals surface area contributed by atoms with E-state index in [1.807, 2.05) is 12.1 Å². The maximum atomic E-state index is 12.4. The zero-order valence-corrected chi connectivity index (χ0v) is 13.4. The number of likely N-dealkylation sites (tertiary alicyclic amines) is 1. The second kappa shape index (κ2) is 6.12. The molecule has 1 unspecified atom stereocenters. The Morgan fingerprint density at radius 3 is 2.88 bits per heavy atom. The summed E-state index contributed by atoms with van der Waals surface area (Å²) in [6.07, 6.45) is 3.81. The molecule has 2 fully saturated rings. The Kier molecular flexibility index (Phi) is 3.79. The lowest BCUT2D eigenvalue weighted by atomic mass is 10.2. The summed E-state index contributed by atoms with van der Waals surface area (Å²) in [4.78, 5) is 38.7. The summed E-state index contributed by atoms with van der Waals surface area (Å²) in [5.41, 5.74) is 0.836. The van der Waals surface area contributed by atoms with Gasteiger partial charge in [-0.2, -0.15) is 0 Å². The number of urea groups is 1. The summed E-state index contributed by atoms with van der Waals surface area (Å²) >= 11 is 0. The Morgan fingerprint density at radius 2 is 2.08 bits per heavy atom. The zero-order chi connectivity index (χ0) is 17.4. The Hall–Kier alpha value is -3.03. The molecule has 0 spiro atoms. The van der Waals surface area contributed by atoms with Crippen LogP contribution < -0.4 is 14.8 Å². The fraction of sp³-hybridized carbons (Fsp3) is 0.353. The van der Waals surface area contributed by atoms with Crippen molar-refractivity contribution < 1.29 is 23.9 Å². The summed E-state index contributed by atoms with van der Waals surface area (Å²) in [6.45, 7) is 1.13. The lowest BCUT2D eigenvalue weighted by Gasteiger charge is -2.20. The van der Waals surface area contributed by atoms with Gasteiger partial charge in [0.15, 0.2) is 11.5 Å². The maximum absolute atomic E-state index is 12.4. The number of fused-ring (bicyclic) bond motifs is 1. The standard InChI is InChI=1S/C17H17N3O5/c21-15(4-2-11-1-3-13-14(7-11)25-10-24-13)19-6-5-12(9-19)20-16(22)8-18-17(20)23/h1-4,7,12H,5-6,8-10H2,(H,18,23)/b4-2+. The number of amides is 4. The second-order valence-electron chi connectivity index (χ2n) is 6.10. The first kappa shape index (κ1) is 15.5. The number of nitrogens with one attached hydrogen (secondary N) is 1. The summed E-state index contributed by atoms with van der Waals surface area (Å²) in [5.74, 6) is 0.973. The van der Waals surface area contributed by atoms with Crippen molar-refractivity contribution in [3.8, 4) is 11.5 Å². The van der Waals surface area contributed by atoms with Crippen LogP contribution in [0.4, 0.5) is 4.79 Å². The van der Waals surface area contributed by atoms with E-state index in [4.69, 9.17) is 9.47 Å². The van der Waals surface area contributed by atoms with Crippen molar-refractivity contribution in [2.45, 2.75) is 12.5 Å². The van der Waals surface area contributed by atoms with Crippen LogP contribution in [0.5, 0.6) is 11.5 Å². The molecule has 130 valence electrons. The summed E-state index contributed by atoms with van der Waals surface area (Å²) in [5, 5.41) is 2.51. The number of hydrogen-bond donors (Lipinski definition) is 1. The molecule has 3 aliphatic heterocycles. The maximum Gasteiger partial charge on any atom is 0.324 e. The molecule has 3 aliphatic rings. The Labute approximate surface area is 144 Å². The number of carbonyl (C=O) groups is 3. The van der Waals surface area contributed by atoms with E-state index in [9.17, 15) is 14.4 Å². The largest absolute Gasteiger partial charge is 0.454 e. The molecule has 0 aliphatic carbocycles. The highest BCUT2D eigenvalue weighted by Crippen LogP contribution is 2.32. The molecule has 0 aromatic heterocycles. The fourth-order valence-corrected chi connectivity index (χ4v) is 3.25. The Balaban J connectivity index is 1.39. The highest BCUT2D eigenvalue weighted by molar-refractivity contribution is 6.02. The molecule has 4 amide bonds. The second-order valence-corrected chi connectivity index (χ2v) is 6.10. The lowest BCUT2D eigenvalue weighted by molar-refractivity contribution is -0.128. The topological polar surface area (TPSA) is 88.2 Å². The van der Waals surface area contributed by atoms with Gasteiger partial charge < -0.3 is 19.7 Å². The number of rotatable bonds is 3. The van der Waals surface area contributed by atoms with E-state index in [2.05, 4.69) is 5.32 Å². The average Bonchev–Trinajstić information content (AvgIpc) is 3.32. The smallest absolute Gasteiger partial charge is 0.324 e. The van der Waals surface area contributed by atoms with Crippen molar-refractivity contribution in [2.24, 2.45) is 0 Å². The highest BCUT2D eigenvalue weighted by Gasteiger charge is 2.39. The number of imide groups is 1. The van der Waals surface area contributed by atoms with E-state index in [0.717, 1.165) is 5.56 Å². The van der Waals surface area contributed by atoms with Gasteiger partial charge in [0.05, 0.1) is 12.6 Å². The molecule has 4 rings (SSSR count). The molecule has 25 heavy (non-hydrogen) atoms. The molecule has 1 aromatic carbocycles. The molecular formula is C17H17N3O5. The highest BCUT2D eigenvalue weighted by atomic mass is 16.7. The third kappa shape index (κ3) is 2.90. The van der Waals surface area contributed by atoms with Gasteiger partial charge in [-0.3, -0.25) is 14.5 Å². The average molecular weight is 343 g/mol. The van der Waals surface area contributed by atoms with E-state index in [1.54, 1.807) is 17.0 Å². The van der Waals surface area contributed by atoms with Crippen LogP contribution in [-0.4, -0.2) is 60.1 Å². The van der Waals surface area contributed by atoms with Gasteiger partial charge >= 0.3 is 6.03 Å². The minimum absolute atomic E-state index is 0.0350. The van der Waals surface area contributed by atoms with Crippen LogP contribution in [0.25, 0.3) is 6.08 Å². The van der Waals surface area contributed by atoms with E-state index in [1.165, 1.54) is 11.0 Å². The van der Waals surface area contributed by atoms with Crippen molar-refractivity contribution >= 4 is 23.9 Å². The predicted octanol–water partition coefficient (Wildman–Crippen LogP) is 0.581. The lowest BCUT2D eigenvalue weighted by Crippen LogP contribution is -2.42. The molecule has 8 nitrogen and oxygen atoms in total. The predicted molar refractivity (Wildman–Crippen MR) is 86.8 cm³/mol. The van der Waals surface area contributed by atoms with Gasteiger partial charge in [-0.25, -0.2) is 4.79 Å². The molecule has 1 aromatic rings. The van der Waals surface area contributed by atoms with E-state index < -0.39 is 0 Å². The number of benzene rings is 1. The van der Waals surface area contributed by atoms with Crippen molar-refractivity contribution in [2.75, 3.05) is 26.4 Å². The van der Waals surface area contributed by atoms with Crippen LogP contribution in [0.2, 0.25) is 0 Å². The third-order valence-corrected chi connectivity index (χ3v) is 4.53. The molecule has 2 saturated heterocycles. The summed E-state index contributed by atoms with van der Waals surface area (Å²) in [7, 11) is 0. The van der Waals surface area contributed by atoms with Gasteiger partial charge in [-0.05, 0) is 30.2 Å². The summed E-state index contributed by atoms with van der Waals surface area (Å²) in [6, 6.07) is 4.83. The molecule has 3 heterocycles.